The summed E-state index contributed by atoms with van der Waals surface area (Å²) in [4.78, 5) is 10.4. The number of carboxylic acids is 1. The summed E-state index contributed by atoms with van der Waals surface area (Å²) in [6, 6.07) is 6.15. The summed E-state index contributed by atoms with van der Waals surface area (Å²) < 4.78 is 23.2. The molecule has 0 aliphatic rings. The second-order valence-electron chi connectivity index (χ2n) is 2.89. The molecule has 4 nitrogen and oxygen atoms in total. The highest BCUT2D eigenvalue weighted by atomic mass is 32.2. The van der Waals surface area contributed by atoms with Crippen LogP contribution in [0.15, 0.2) is 35.7 Å². The predicted molar refractivity (Wildman–Crippen MR) is 56.2 cm³/mol. The Balaban J connectivity index is 3.26. The molecule has 0 atom stereocenters. The predicted octanol–water partition coefficient (Wildman–Crippen LogP) is 1.19. The summed E-state index contributed by atoms with van der Waals surface area (Å²) in [5.74, 6) is -2.27. The summed E-state index contributed by atoms with van der Waals surface area (Å²) in [5.41, 5.74) is 0.416. The number of carbonyl (C=O) groups is 1. The lowest BCUT2D eigenvalue weighted by molar-refractivity contribution is -0.134. The zero-order valence-electron chi connectivity index (χ0n) is 7.88. The molecular weight excluding hydrogens is 216 g/mol. The average molecular weight is 226 g/mol. The molecule has 0 aliphatic heterocycles. The number of hydrogen-bond acceptors (Lipinski definition) is 3. The Morgan fingerprint density at radius 2 is 2.00 bits per heavy atom. The van der Waals surface area contributed by atoms with E-state index in [1.165, 1.54) is 12.1 Å². The van der Waals surface area contributed by atoms with E-state index in [0.717, 1.165) is 0 Å². The van der Waals surface area contributed by atoms with E-state index >= 15 is 0 Å². The van der Waals surface area contributed by atoms with Crippen molar-refractivity contribution in [3.63, 3.8) is 0 Å². The first kappa shape index (κ1) is 11.5. The summed E-state index contributed by atoms with van der Waals surface area (Å²) in [5, 5.41) is 8.47. The van der Waals surface area contributed by atoms with Gasteiger partial charge in [0.25, 0.3) is 0 Å². The fourth-order valence-corrected chi connectivity index (χ4v) is 2.45. The number of benzene rings is 1. The molecule has 5 heteroatoms. The molecule has 1 aromatic rings. The van der Waals surface area contributed by atoms with Crippen LogP contribution in [0.2, 0.25) is 0 Å². The molecule has 0 heterocycles. The van der Waals surface area contributed by atoms with Crippen LogP contribution in [0.1, 0.15) is 5.56 Å². The molecule has 0 bridgehead atoms. The standard InChI is InChI=1S/C10H10O4S/c1-2-8-5-3-4-6-9(8)15(13,14)7-10(11)12/h2-6H,1,7H2,(H,11,12). The first-order valence-corrected chi connectivity index (χ1v) is 5.78. The monoisotopic (exact) mass is 226 g/mol. The minimum atomic E-state index is -3.77. The lowest BCUT2D eigenvalue weighted by Crippen LogP contribution is -2.16. The largest absolute Gasteiger partial charge is 0.480 e. The van der Waals surface area contributed by atoms with E-state index in [0.29, 0.717) is 5.56 Å². The highest BCUT2D eigenvalue weighted by Crippen LogP contribution is 2.17. The van der Waals surface area contributed by atoms with Crippen LogP contribution in [-0.4, -0.2) is 25.2 Å². The van der Waals surface area contributed by atoms with Crippen molar-refractivity contribution in [2.45, 2.75) is 4.90 Å². The van der Waals surface area contributed by atoms with Gasteiger partial charge in [-0.1, -0.05) is 30.9 Å². The minimum Gasteiger partial charge on any atom is -0.480 e. The SMILES string of the molecule is C=Cc1ccccc1S(=O)(=O)CC(=O)O. The van der Waals surface area contributed by atoms with Crippen molar-refractivity contribution in [2.75, 3.05) is 5.75 Å². The third-order valence-electron chi connectivity index (χ3n) is 1.79. The maximum Gasteiger partial charge on any atom is 0.319 e. The van der Waals surface area contributed by atoms with Gasteiger partial charge < -0.3 is 5.11 Å². The molecule has 0 fully saturated rings. The normalized spacial score (nSPS) is 10.9. The molecule has 0 unspecified atom stereocenters. The topological polar surface area (TPSA) is 71.4 Å². The minimum absolute atomic E-state index is 0.00222. The molecule has 0 amide bonds. The van der Waals surface area contributed by atoms with Gasteiger partial charge in [0.2, 0.25) is 0 Å². The van der Waals surface area contributed by atoms with E-state index in [2.05, 4.69) is 6.58 Å². The van der Waals surface area contributed by atoms with Crippen LogP contribution in [-0.2, 0) is 14.6 Å². The molecule has 1 N–H and O–H groups in total. The van der Waals surface area contributed by atoms with Gasteiger partial charge in [0.1, 0.15) is 0 Å². The molecule has 0 saturated heterocycles. The van der Waals surface area contributed by atoms with Gasteiger partial charge in [-0.3, -0.25) is 4.79 Å². The third-order valence-corrected chi connectivity index (χ3v) is 3.46. The first-order valence-electron chi connectivity index (χ1n) is 4.13. The van der Waals surface area contributed by atoms with Crippen molar-refractivity contribution in [3.05, 3.63) is 36.4 Å². The van der Waals surface area contributed by atoms with Gasteiger partial charge in [-0.2, -0.15) is 0 Å². The molecular formula is C10H10O4S. The van der Waals surface area contributed by atoms with E-state index in [9.17, 15) is 13.2 Å². The maximum atomic E-state index is 11.6. The highest BCUT2D eigenvalue weighted by Gasteiger charge is 2.20. The van der Waals surface area contributed by atoms with Crippen LogP contribution >= 0.6 is 0 Å². The molecule has 0 saturated carbocycles. The van der Waals surface area contributed by atoms with Gasteiger partial charge in [0.05, 0.1) is 4.90 Å². The Morgan fingerprint density at radius 1 is 1.40 bits per heavy atom. The zero-order chi connectivity index (χ0) is 11.5. The van der Waals surface area contributed by atoms with Crippen molar-refractivity contribution < 1.29 is 18.3 Å². The zero-order valence-corrected chi connectivity index (χ0v) is 8.70. The Kier molecular flexibility index (Phi) is 3.26. The second kappa shape index (κ2) is 4.27. The summed E-state index contributed by atoms with van der Waals surface area (Å²) in [6.45, 7) is 3.47. The summed E-state index contributed by atoms with van der Waals surface area (Å²) in [6.07, 6.45) is 1.38. The van der Waals surface area contributed by atoms with Crippen LogP contribution in [0.5, 0.6) is 0 Å². The van der Waals surface area contributed by atoms with Crippen LogP contribution in [0.25, 0.3) is 6.08 Å². The van der Waals surface area contributed by atoms with Gasteiger partial charge >= 0.3 is 5.97 Å². The number of carboxylic acid groups (broad SMARTS) is 1. The summed E-state index contributed by atoms with van der Waals surface area (Å²) >= 11 is 0. The Bertz CT molecular complexity index is 488. The molecule has 0 radical (unpaired) electrons. The summed E-state index contributed by atoms with van der Waals surface area (Å²) in [7, 11) is -3.77. The molecule has 80 valence electrons. The molecule has 0 aliphatic carbocycles. The maximum absolute atomic E-state index is 11.6. The lowest BCUT2D eigenvalue weighted by atomic mass is 10.2. The van der Waals surface area contributed by atoms with Crippen molar-refractivity contribution in [1.82, 2.24) is 0 Å². The first-order chi connectivity index (χ1) is 6.97. The molecule has 0 aromatic heterocycles. The van der Waals surface area contributed by atoms with Crippen LogP contribution in [0.4, 0.5) is 0 Å². The average Bonchev–Trinajstić information content (AvgIpc) is 2.16. The number of aliphatic carboxylic acids is 1. The second-order valence-corrected chi connectivity index (χ2v) is 4.85. The van der Waals surface area contributed by atoms with Gasteiger partial charge in [0, 0.05) is 0 Å². The van der Waals surface area contributed by atoms with E-state index in [4.69, 9.17) is 5.11 Å². The van der Waals surface area contributed by atoms with Crippen LogP contribution in [0, 0.1) is 0 Å². The fourth-order valence-electron chi connectivity index (χ4n) is 1.17. The third kappa shape index (κ3) is 2.66. The Labute approximate surface area is 87.8 Å². The van der Waals surface area contributed by atoms with Gasteiger partial charge in [-0.15, -0.1) is 0 Å². The van der Waals surface area contributed by atoms with E-state index < -0.39 is 21.6 Å². The van der Waals surface area contributed by atoms with Crippen molar-refractivity contribution >= 4 is 21.9 Å². The molecule has 1 rings (SSSR count). The number of hydrogen-bond donors (Lipinski definition) is 1. The van der Waals surface area contributed by atoms with Crippen LogP contribution < -0.4 is 0 Å². The van der Waals surface area contributed by atoms with Crippen molar-refractivity contribution in [3.8, 4) is 0 Å². The number of sulfone groups is 1. The lowest BCUT2D eigenvalue weighted by Gasteiger charge is -2.04. The van der Waals surface area contributed by atoms with Crippen molar-refractivity contribution in [1.29, 1.82) is 0 Å². The van der Waals surface area contributed by atoms with Gasteiger partial charge in [-0.05, 0) is 11.6 Å². The quantitative estimate of drug-likeness (QED) is 0.837. The Hall–Kier alpha value is -1.62. The van der Waals surface area contributed by atoms with E-state index in [-0.39, 0.29) is 4.90 Å². The highest BCUT2D eigenvalue weighted by molar-refractivity contribution is 7.92. The molecule has 1 aromatic carbocycles. The molecule has 0 spiro atoms. The molecule has 15 heavy (non-hydrogen) atoms. The Morgan fingerprint density at radius 3 is 2.53 bits per heavy atom. The van der Waals surface area contributed by atoms with E-state index in [1.807, 2.05) is 0 Å². The van der Waals surface area contributed by atoms with Crippen LogP contribution in [0.3, 0.4) is 0 Å². The number of rotatable bonds is 4. The van der Waals surface area contributed by atoms with Gasteiger partial charge in [0.15, 0.2) is 15.6 Å². The fraction of sp³-hybridized carbons (Fsp3) is 0.100. The van der Waals surface area contributed by atoms with Crippen molar-refractivity contribution in [2.24, 2.45) is 0 Å². The van der Waals surface area contributed by atoms with E-state index in [1.54, 1.807) is 18.2 Å². The smallest absolute Gasteiger partial charge is 0.319 e. The van der Waals surface area contributed by atoms with Gasteiger partial charge in [-0.25, -0.2) is 8.42 Å².